The summed E-state index contributed by atoms with van der Waals surface area (Å²) in [6.45, 7) is 5.47. The third-order valence-electron chi connectivity index (χ3n) is 5.66. The number of hydrogen-bond donors (Lipinski definition) is 4. The molecule has 0 saturated carbocycles. The number of nitrogens with one attached hydrogen (secondary N) is 3. The van der Waals surface area contributed by atoms with E-state index >= 15 is 0 Å². The maximum atomic E-state index is 12.5. The summed E-state index contributed by atoms with van der Waals surface area (Å²) in [5.74, 6) is 0.326. The Labute approximate surface area is 184 Å². The van der Waals surface area contributed by atoms with Crippen LogP contribution in [-0.2, 0) is 13.0 Å². The Morgan fingerprint density at radius 3 is 2.84 bits per heavy atom. The number of anilines is 1. The lowest BCUT2D eigenvalue weighted by molar-refractivity contribution is 0.0838. The maximum absolute atomic E-state index is 12.5. The molecule has 8 nitrogen and oxygen atoms in total. The fourth-order valence-electron chi connectivity index (χ4n) is 3.84. The molecule has 4 N–H and O–H groups in total. The van der Waals surface area contributed by atoms with E-state index in [2.05, 4.69) is 55.9 Å². The van der Waals surface area contributed by atoms with Gasteiger partial charge in [-0.15, -0.1) is 0 Å². The van der Waals surface area contributed by atoms with E-state index in [0.717, 1.165) is 38.9 Å². The highest BCUT2D eigenvalue weighted by Crippen LogP contribution is 2.18. The highest BCUT2D eigenvalue weighted by Gasteiger charge is 2.19. The van der Waals surface area contributed by atoms with E-state index in [0.29, 0.717) is 18.1 Å². The number of β-amino-alcohol motifs (C(OH)–C–C–N with tert-alkyl or cyclic N) is 1. The van der Waals surface area contributed by atoms with Crippen molar-refractivity contribution in [1.82, 2.24) is 25.5 Å². The predicted octanol–water partition coefficient (Wildman–Crippen LogP) is 1.43. The second-order valence-corrected chi connectivity index (χ2v) is 8.05. The molecule has 1 aliphatic heterocycles. The number of benzene rings is 1. The Balaban J connectivity index is 1.47. The van der Waals surface area contributed by atoms with Crippen LogP contribution in [0.15, 0.2) is 36.7 Å². The number of aromatic nitrogens is 2. The van der Waals surface area contributed by atoms with E-state index in [1.165, 1.54) is 17.5 Å². The van der Waals surface area contributed by atoms with Gasteiger partial charge in [-0.2, -0.15) is 0 Å². The zero-order valence-electron chi connectivity index (χ0n) is 18.5. The van der Waals surface area contributed by atoms with E-state index in [9.17, 15) is 9.90 Å². The van der Waals surface area contributed by atoms with Crippen LogP contribution in [0, 0.1) is 0 Å². The third kappa shape index (κ3) is 6.99. The smallest absolute Gasteiger partial charge is 0.270 e. The van der Waals surface area contributed by atoms with Gasteiger partial charge in [0.15, 0.2) is 0 Å². The van der Waals surface area contributed by atoms with Crippen molar-refractivity contribution in [3.05, 3.63) is 53.5 Å². The van der Waals surface area contributed by atoms with Crippen LogP contribution >= 0.6 is 0 Å². The molecule has 0 saturated heterocycles. The molecule has 2 aromatic rings. The summed E-state index contributed by atoms with van der Waals surface area (Å²) in [6.07, 6.45) is 3.66. The highest BCUT2D eigenvalue weighted by molar-refractivity contribution is 5.92. The molecule has 0 radical (unpaired) electrons. The van der Waals surface area contributed by atoms with Crippen LogP contribution in [0.5, 0.6) is 0 Å². The zero-order chi connectivity index (χ0) is 22.1. The van der Waals surface area contributed by atoms with Gasteiger partial charge in [-0.1, -0.05) is 31.2 Å². The molecule has 1 aliphatic rings. The molecule has 0 spiro atoms. The second kappa shape index (κ2) is 11.7. The lowest BCUT2D eigenvalue weighted by Gasteiger charge is -2.30. The summed E-state index contributed by atoms with van der Waals surface area (Å²) >= 11 is 0. The highest BCUT2D eigenvalue weighted by atomic mass is 16.3. The topological polar surface area (TPSA) is 102 Å². The van der Waals surface area contributed by atoms with E-state index in [4.69, 9.17) is 0 Å². The fraction of sp³-hybridized carbons (Fsp3) is 0.522. The standard InChI is InChI=1S/C23H34N6O2/c1-3-19(8-10-24-2)28-22-12-21(26-16-27-22)23(31)25-13-20(30)15-29-11-9-17-6-4-5-7-18(17)14-29/h4-7,12,16,19-20,24,30H,3,8-11,13-15H2,1-2H3,(H,25,31)(H,26,27,28)/t19?,20-/m0/s1. The molecule has 168 valence electrons. The van der Waals surface area contributed by atoms with Gasteiger partial charge in [0, 0.05) is 38.3 Å². The van der Waals surface area contributed by atoms with Crippen LogP contribution in [0.2, 0.25) is 0 Å². The summed E-state index contributed by atoms with van der Waals surface area (Å²) in [6, 6.07) is 10.3. The van der Waals surface area contributed by atoms with Crippen LogP contribution < -0.4 is 16.0 Å². The van der Waals surface area contributed by atoms with Crippen molar-refractivity contribution in [3.8, 4) is 0 Å². The minimum Gasteiger partial charge on any atom is -0.390 e. The molecular weight excluding hydrogens is 392 g/mol. The molecule has 2 atom stereocenters. The third-order valence-corrected chi connectivity index (χ3v) is 5.66. The largest absolute Gasteiger partial charge is 0.390 e. The molecule has 31 heavy (non-hydrogen) atoms. The van der Waals surface area contributed by atoms with Crippen LogP contribution in [-0.4, -0.2) is 71.3 Å². The normalized spacial score (nSPS) is 15.7. The zero-order valence-corrected chi connectivity index (χ0v) is 18.5. The monoisotopic (exact) mass is 426 g/mol. The molecule has 1 unspecified atom stereocenters. The van der Waals surface area contributed by atoms with Gasteiger partial charge in [-0.3, -0.25) is 9.69 Å². The Bertz CT molecular complexity index is 846. The average Bonchev–Trinajstić information content (AvgIpc) is 2.80. The molecule has 0 fully saturated rings. The lowest BCUT2D eigenvalue weighted by atomic mass is 10.00. The van der Waals surface area contributed by atoms with Gasteiger partial charge in [-0.25, -0.2) is 9.97 Å². The second-order valence-electron chi connectivity index (χ2n) is 8.05. The van der Waals surface area contributed by atoms with Gasteiger partial charge < -0.3 is 21.1 Å². The van der Waals surface area contributed by atoms with Crippen LogP contribution in [0.25, 0.3) is 0 Å². The van der Waals surface area contributed by atoms with Crippen LogP contribution in [0.4, 0.5) is 5.82 Å². The predicted molar refractivity (Wildman–Crippen MR) is 122 cm³/mol. The number of carbonyl (C=O) groups is 1. The summed E-state index contributed by atoms with van der Waals surface area (Å²) in [4.78, 5) is 23.1. The van der Waals surface area contributed by atoms with E-state index in [1.54, 1.807) is 6.07 Å². The first kappa shape index (κ1) is 23.1. The van der Waals surface area contributed by atoms with E-state index in [-0.39, 0.29) is 18.5 Å². The van der Waals surface area contributed by atoms with Gasteiger partial charge in [0.1, 0.15) is 17.8 Å². The average molecular weight is 427 g/mol. The molecular formula is C23H34N6O2. The Morgan fingerprint density at radius 2 is 2.06 bits per heavy atom. The number of fused-ring (bicyclic) bond motifs is 1. The fourth-order valence-corrected chi connectivity index (χ4v) is 3.84. The first-order valence-corrected chi connectivity index (χ1v) is 11.1. The number of aliphatic hydroxyl groups excluding tert-OH is 1. The summed E-state index contributed by atoms with van der Waals surface area (Å²) < 4.78 is 0. The Kier molecular flexibility index (Phi) is 8.75. The molecule has 3 rings (SSSR count). The van der Waals surface area contributed by atoms with Gasteiger partial charge >= 0.3 is 0 Å². The number of nitrogens with zero attached hydrogens (tertiary/aromatic N) is 3. The lowest BCUT2D eigenvalue weighted by Crippen LogP contribution is -2.42. The van der Waals surface area contributed by atoms with Gasteiger partial charge in [-0.05, 0) is 44.0 Å². The number of amides is 1. The number of hydrogen-bond acceptors (Lipinski definition) is 7. The van der Waals surface area contributed by atoms with Gasteiger partial charge in [0.2, 0.25) is 0 Å². The number of rotatable bonds is 11. The first-order valence-electron chi connectivity index (χ1n) is 11.1. The molecule has 2 heterocycles. The molecule has 8 heteroatoms. The van der Waals surface area contributed by atoms with E-state index in [1.807, 2.05) is 13.1 Å². The van der Waals surface area contributed by atoms with Crippen molar-refractivity contribution in [2.24, 2.45) is 0 Å². The number of carbonyl (C=O) groups excluding carboxylic acids is 1. The van der Waals surface area contributed by atoms with Crippen molar-refractivity contribution in [1.29, 1.82) is 0 Å². The minimum absolute atomic E-state index is 0.184. The van der Waals surface area contributed by atoms with Crippen molar-refractivity contribution >= 4 is 11.7 Å². The van der Waals surface area contributed by atoms with Crippen molar-refractivity contribution < 1.29 is 9.90 Å². The van der Waals surface area contributed by atoms with Crippen LogP contribution in [0.1, 0.15) is 41.4 Å². The number of aliphatic hydroxyl groups is 1. The summed E-state index contributed by atoms with van der Waals surface area (Å²) in [7, 11) is 1.93. The van der Waals surface area contributed by atoms with Crippen molar-refractivity contribution in [2.45, 2.75) is 44.9 Å². The Morgan fingerprint density at radius 1 is 1.26 bits per heavy atom. The van der Waals surface area contributed by atoms with Crippen LogP contribution in [0.3, 0.4) is 0 Å². The SMILES string of the molecule is CCC(CCNC)Nc1cc(C(=O)NC[C@H](O)CN2CCc3ccccc3C2)ncn1. The Hall–Kier alpha value is -2.55. The van der Waals surface area contributed by atoms with E-state index < -0.39 is 6.10 Å². The van der Waals surface area contributed by atoms with Gasteiger partial charge in [0.25, 0.3) is 5.91 Å². The van der Waals surface area contributed by atoms with Crippen molar-refractivity contribution in [2.75, 3.05) is 38.5 Å². The summed E-state index contributed by atoms with van der Waals surface area (Å²) in [5, 5.41) is 19.7. The molecule has 1 amide bonds. The van der Waals surface area contributed by atoms with Crippen molar-refractivity contribution in [3.63, 3.8) is 0 Å². The quantitative estimate of drug-likeness (QED) is 0.431. The molecule has 1 aromatic heterocycles. The molecule has 0 bridgehead atoms. The van der Waals surface area contributed by atoms with Gasteiger partial charge in [0.05, 0.1) is 6.10 Å². The molecule has 0 aliphatic carbocycles. The minimum atomic E-state index is -0.639. The summed E-state index contributed by atoms with van der Waals surface area (Å²) in [5.41, 5.74) is 2.98. The molecule has 1 aromatic carbocycles. The first-order chi connectivity index (χ1) is 15.1. The maximum Gasteiger partial charge on any atom is 0.270 e.